The Morgan fingerprint density at radius 1 is 1.21 bits per heavy atom. The Morgan fingerprint density at radius 2 is 1.92 bits per heavy atom. The van der Waals surface area contributed by atoms with Gasteiger partial charge in [0, 0.05) is 37.7 Å². The average Bonchev–Trinajstić information content (AvgIpc) is 3.11. The van der Waals surface area contributed by atoms with Crippen molar-refractivity contribution in [3.05, 3.63) is 52.2 Å². The van der Waals surface area contributed by atoms with Crippen LogP contribution in [0.3, 0.4) is 0 Å². The predicted octanol–water partition coefficient (Wildman–Crippen LogP) is 1.75. The van der Waals surface area contributed by atoms with Gasteiger partial charge in [-0.1, -0.05) is 24.1 Å². The number of aromatic nitrogens is 1. The molecule has 1 aromatic carbocycles. The Bertz CT molecular complexity index is 801. The number of nitro groups is 1. The number of carbonyl (C=O) groups excluding carboxylic acids is 1. The van der Waals surface area contributed by atoms with E-state index < -0.39 is 4.92 Å². The lowest BCUT2D eigenvalue weighted by Gasteiger charge is -2.33. The molecule has 0 atom stereocenters. The lowest BCUT2D eigenvalue weighted by atomic mass is 10.2. The lowest BCUT2D eigenvalue weighted by molar-refractivity contribution is -0.380. The molecule has 24 heavy (non-hydrogen) atoms. The summed E-state index contributed by atoms with van der Waals surface area (Å²) in [6.07, 6.45) is 1.27. The normalized spacial score (nSPS) is 14.0. The fraction of sp³-hybridized carbons (Fsp3) is 0.250. The molecule has 0 spiro atoms. The number of hydrogen-bond acceptors (Lipinski definition) is 6. The van der Waals surface area contributed by atoms with Crippen LogP contribution in [0.25, 0.3) is 0 Å². The van der Waals surface area contributed by atoms with Crippen LogP contribution in [-0.4, -0.2) is 46.9 Å². The highest BCUT2D eigenvalue weighted by molar-refractivity contribution is 7.18. The molecule has 0 radical (unpaired) electrons. The Hall–Kier alpha value is -2.92. The van der Waals surface area contributed by atoms with Gasteiger partial charge in [0.1, 0.15) is 6.20 Å². The average molecular weight is 342 g/mol. The molecule has 1 fully saturated rings. The van der Waals surface area contributed by atoms with Crippen molar-refractivity contribution in [3.63, 3.8) is 0 Å². The molecule has 3 rings (SSSR count). The number of piperazine rings is 1. The zero-order valence-corrected chi connectivity index (χ0v) is 13.5. The van der Waals surface area contributed by atoms with E-state index in [0.717, 1.165) is 16.9 Å². The van der Waals surface area contributed by atoms with Crippen molar-refractivity contribution in [2.24, 2.45) is 0 Å². The third-order valence-corrected chi connectivity index (χ3v) is 4.60. The van der Waals surface area contributed by atoms with Crippen LogP contribution in [-0.2, 0) is 4.79 Å². The largest absolute Gasteiger partial charge is 0.345 e. The van der Waals surface area contributed by atoms with E-state index in [2.05, 4.69) is 16.8 Å². The maximum atomic E-state index is 12.1. The van der Waals surface area contributed by atoms with E-state index in [1.54, 1.807) is 4.90 Å². The van der Waals surface area contributed by atoms with Crippen molar-refractivity contribution in [2.45, 2.75) is 0 Å². The van der Waals surface area contributed by atoms with Gasteiger partial charge in [-0.05, 0) is 23.5 Å². The fourth-order valence-electron chi connectivity index (χ4n) is 2.31. The molecule has 2 heterocycles. The molecular weight excluding hydrogens is 328 g/mol. The van der Waals surface area contributed by atoms with Gasteiger partial charge in [0.25, 0.3) is 5.91 Å². The zero-order chi connectivity index (χ0) is 16.9. The number of nitrogens with zero attached hydrogens (tertiary/aromatic N) is 4. The van der Waals surface area contributed by atoms with Crippen LogP contribution in [0.2, 0.25) is 0 Å². The van der Waals surface area contributed by atoms with Crippen LogP contribution in [0.1, 0.15) is 5.56 Å². The second kappa shape index (κ2) is 7.10. The number of rotatable bonds is 2. The minimum Gasteiger partial charge on any atom is -0.344 e. The molecule has 2 aromatic rings. The van der Waals surface area contributed by atoms with E-state index in [4.69, 9.17) is 0 Å². The molecule has 0 saturated carbocycles. The molecule has 7 nitrogen and oxygen atoms in total. The van der Waals surface area contributed by atoms with E-state index in [-0.39, 0.29) is 10.9 Å². The van der Waals surface area contributed by atoms with E-state index in [9.17, 15) is 14.9 Å². The van der Waals surface area contributed by atoms with Crippen LogP contribution < -0.4 is 4.90 Å². The fourth-order valence-corrected chi connectivity index (χ4v) is 3.10. The summed E-state index contributed by atoms with van der Waals surface area (Å²) in [5.74, 6) is 5.31. The summed E-state index contributed by atoms with van der Waals surface area (Å²) < 4.78 is 0. The quantitative estimate of drug-likeness (QED) is 0.472. The summed E-state index contributed by atoms with van der Waals surface area (Å²) in [6, 6.07) is 9.36. The Kier molecular flexibility index (Phi) is 4.72. The van der Waals surface area contributed by atoms with Crippen molar-refractivity contribution >= 4 is 27.4 Å². The molecule has 1 saturated heterocycles. The minimum atomic E-state index is -0.444. The topological polar surface area (TPSA) is 79.6 Å². The zero-order valence-electron chi connectivity index (χ0n) is 12.7. The summed E-state index contributed by atoms with van der Waals surface area (Å²) in [5.41, 5.74) is 0.805. The molecule has 1 aromatic heterocycles. The Labute approximate surface area is 142 Å². The number of benzene rings is 1. The van der Waals surface area contributed by atoms with Gasteiger partial charge in [0.15, 0.2) is 5.13 Å². The van der Waals surface area contributed by atoms with Crippen molar-refractivity contribution in [2.75, 3.05) is 31.1 Å². The first kappa shape index (κ1) is 16.0. The third kappa shape index (κ3) is 3.70. The molecule has 1 aliphatic heterocycles. The predicted molar refractivity (Wildman–Crippen MR) is 90.9 cm³/mol. The minimum absolute atomic E-state index is 0.0252. The lowest BCUT2D eigenvalue weighted by Crippen LogP contribution is -2.48. The van der Waals surface area contributed by atoms with Crippen molar-refractivity contribution in [3.8, 4) is 11.8 Å². The van der Waals surface area contributed by atoms with Gasteiger partial charge in [0.2, 0.25) is 0 Å². The Balaban J connectivity index is 1.57. The second-order valence-electron chi connectivity index (χ2n) is 5.13. The molecule has 1 amide bonds. The maximum absolute atomic E-state index is 12.1. The van der Waals surface area contributed by atoms with Crippen LogP contribution in [0.5, 0.6) is 0 Å². The highest BCUT2D eigenvalue weighted by Gasteiger charge is 2.23. The molecular formula is C16H14N4O3S. The van der Waals surface area contributed by atoms with E-state index in [1.165, 1.54) is 6.20 Å². The van der Waals surface area contributed by atoms with Crippen molar-refractivity contribution in [1.29, 1.82) is 0 Å². The highest BCUT2D eigenvalue weighted by atomic mass is 32.1. The van der Waals surface area contributed by atoms with Gasteiger partial charge in [0.05, 0.1) is 4.92 Å². The van der Waals surface area contributed by atoms with E-state index in [1.807, 2.05) is 35.2 Å². The van der Waals surface area contributed by atoms with Gasteiger partial charge < -0.3 is 9.80 Å². The first-order valence-corrected chi connectivity index (χ1v) is 8.16. The number of carbonyl (C=O) groups is 1. The first-order chi connectivity index (χ1) is 11.6. The smallest absolute Gasteiger partial charge is 0.344 e. The first-order valence-electron chi connectivity index (χ1n) is 7.34. The van der Waals surface area contributed by atoms with Crippen LogP contribution in [0, 0.1) is 22.0 Å². The van der Waals surface area contributed by atoms with Gasteiger partial charge in [-0.15, -0.1) is 0 Å². The van der Waals surface area contributed by atoms with Gasteiger partial charge in [-0.2, -0.15) is 0 Å². The number of thiazole rings is 1. The standard InChI is InChI=1S/C16H14N4O3S/c21-14(7-6-13-4-2-1-3-5-13)18-8-10-19(11-9-18)16-17-12-15(24-16)20(22)23/h1-5,12H,8-11H2. The number of anilines is 1. The SMILES string of the molecule is O=C(C#Cc1ccccc1)N1CCN(c2ncc([N+](=O)[O-])s2)CC1. The summed E-state index contributed by atoms with van der Waals surface area (Å²) in [5, 5.41) is 11.4. The monoisotopic (exact) mass is 342 g/mol. The van der Waals surface area contributed by atoms with Crippen molar-refractivity contribution < 1.29 is 9.72 Å². The van der Waals surface area contributed by atoms with E-state index >= 15 is 0 Å². The van der Waals surface area contributed by atoms with Crippen LogP contribution >= 0.6 is 11.3 Å². The maximum Gasteiger partial charge on any atom is 0.345 e. The summed E-state index contributed by atoms with van der Waals surface area (Å²) in [4.78, 5) is 30.1. The Morgan fingerprint density at radius 3 is 2.54 bits per heavy atom. The number of hydrogen-bond donors (Lipinski definition) is 0. The van der Waals surface area contributed by atoms with Crippen LogP contribution in [0.15, 0.2) is 36.5 Å². The van der Waals surface area contributed by atoms with Gasteiger partial charge >= 0.3 is 5.00 Å². The molecule has 8 heteroatoms. The summed E-state index contributed by atoms with van der Waals surface area (Å²) >= 11 is 1.05. The van der Waals surface area contributed by atoms with Gasteiger partial charge in [-0.3, -0.25) is 14.9 Å². The molecule has 0 N–H and O–H groups in total. The molecule has 0 bridgehead atoms. The highest BCUT2D eigenvalue weighted by Crippen LogP contribution is 2.28. The molecule has 122 valence electrons. The molecule has 0 aliphatic carbocycles. The third-order valence-electron chi connectivity index (χ3n) is 3.59. The summed E-state index contributed by atoms with van der Waals surface area (Å²) in [7, 11) is 0. The summed E-state index contributed by atoms with van der Waals surface area (Å²) in [6.45, 7) is 2.22. The number of amides is 1. The van der Waals surface area contributed by atoms with E-state index in [0.29, 0.717) is 31.3 Å². The molecule has 0 unspecified atom stereocenters. The van der Waals surface area contributed by atoms with Crippen molar-refractivity contribution in [1.82, 2.24) is 9.88 Å². The van der Waals surface area contributed by atoms with Crippen LogP contribution in [0.4, 0.5) is 10.1 Å². The molecule has 1 aliphatic rings. The van der Waals surface area contributed by atoms with Gasteiger partial charge in [-0.25, -0.2) is 4.98 Å². The second-order valence-corrected chi connectivity index (χ2v) is 6.12.